The van der Waals surface area contributed by atoms with E-state index in [1.807, 2.05) is 11.3 Å². The molecule has 1 unspecified atom stereocenters. The minimum Gasteiger partial charge on any atom is -0.376 e. The molecule has 0 aliphatic carbocycles. The molecule has 5 heteroatoms. The first-order valence-electron chi connectivity index (χ1n) is 8.47. The van der Waals surface area contributed by atoms with Crippen molar-refractivity contribution < 1.29 is 9.47 Å². The van der Waals surface area contributed by atoms with Gasteiger partial charge in [-0.3, -0.25) is 9.80 Å². The molecule has 0 aromatic carbocycles. The summed E-state index contributed by atoms with van der Waals surface area (Å²) < 4.78 is 11.2. The van der Waals surface area contributed by atoms with Crippen molar-refractivity contribution in [3.63, 3.8) is 0 Å². The van der Waals surface area contributed by atoms with Crippen LogP contribution in [0, 0.1) is 0 Å². The van der Waals surface area contributed by atoms with Gasteiger partial charge in [-0.05, 0) is 45.1 Å². The van der Waals surface area contributed by atoms with Crippen molar-refractivity contribution in [3.05, 3.63) is 21.9 Å². The Morgan fingerprint density at radius 1 is 1.18 bits per heavy atom. The lowest BCUT2D eigenvalue weighted by Crippen LogP contribution is -2.38. The van der Waals surface area contributed by atoms with Crippen LogP contribution >= 0.6 is 11.3 Å². The molecule has 0 amide bonds. The molecule has 2 saturated heterocycles. The van der Waals surface area contributed by atoms with E-state index in [1.54, 1.807) is 0 Å². The number of hydrogen-bond acceptors (Lipinski definition) is 5. The Hall–Kier alpha value is -0.460. The highest BCUT2D eigenvalue weighted by atomic mass is 32.1. The lowest BCUT2D eigenvalue weighted by molar-refractivity contribution is -0.0962. The molecule has 124 valence electrons. The maximum absolute atomic E-state index is 5.72. The second-order valence-corrected chi connectivity index (χ2v) is 7.72. The average Bonchev–Trinajstić information content (AvgIpc) is 2.96. The van der Waals surface area contributed by atoms with Crippen LogP contribution in [-0.4, -0.2) is 62.4 Å². The number of hydrogen-bond donors (Lipinski definition) is 0. The maximum Gasteiger partial charge on any atom is 0.0936 e. The molecule has 0 spiro atoms. The standard InChI is InChI=1S/C17H28N2O2S/c1-18(11-15-14-20-9-10-21-15)12-16-5-6-17(22-16)13-19-7-3-2-4-8-19/h5-6,15H,2-4,7-14H2,1H3. The molecule has 1 aromatic heterocycles. The van der Waals surface area contributed by atoms with Crippen LogP contribution in [0.3, 0.4) is 0 Å². The van der Waals surface area contributed by atoms with Crippen LogP contribution < -0.4 is 0 Å². The van der Waals surface area contributed by atoms with Crippen molar-refractivity contribution in [2.45, 2.75) is 38.5 Å². The fourth-order valence-electron chi connectivity index (χ4n) is 3.25. The Morgan fingerprint density at radius 2 is 2.00 bits per heavy atom. The number of rotatable bonds is 6. The molecule has 0 N–H and O–H groups in total. The van der Waals surface area contributed by atoms with Crippen LogP contribution in [0.4, 0.5) is 0 Å². The highest BCUT2D eigenvalue weighted by Crippen LogP contribution is 2.21. The Morgan fingerprint density at radius 3 is 2.77 bits per heavy atom. The van der Waals surface area contributed by atoms with Gasteiger partial charge in [-0.1, -0.05) is 6.42 Å². The van der Waals surface area contributed by atoms with E-state index in [0.717, 1.165) is 39.5 Å². The van der Waals surface area contributed by atoms with Crippen LogP contribution in [0.1, 0.15) is 29.0 Å². The highest BCUT2D eigenvalue weighted by molar-refractivity contribution is 7.11. The second kappa shape index (κ2) is 8.41. The van der Waals surface area contributed by atoms with E-state index in [1.165, 1.54) is 42.1 Å². The predicted molar refractivity (Wildman–Crippen MR) is 90.3 cm³/mol. The minimum atomic E-state index is 0.228. The summed E-state index contributed by atoms with van der Waals surface area (Å²) in [5.41, 5.74) is 0. The molecule has 2 aliphatic heterocycles. The van der Waals surface area contributed by atoms with E-state index in [4.69, 9.17) is 9.47 Å². The Kier molecular flexibility index (Phi) is 6.27. The van der Waals surface area contributed by atoms with E-state index in [9.17, 15) is 0 Å². The van der Waals surface area contributed by atoms with Gasteiger partial charge in [0.15, 0.2) is 0 Å². The summed E-state index contributed by atoms with van der Waals surface area (Å²) in [5, 5.41) is 0. The fraction of sp³-hybridized carbons (Fsp3) is 0.765. The molecular formula is C17H28N2O2S. The first-order chi connectivity index (χ1) is 10.8. The predicted octanol–water partition coefficient (Wildman–Crippen LogP) is 2.58. The highest BCUT2D eigenvalue weighted by Gasteiger charge is 2.17. The molecule has 0 radical (unpaired) electrons. The zero-order valence-corrected chi connectivity index (χ0v) is 14.4. The summed E-state index contributed by atoms with van der Waals surface area (Å²) in [6.45, 7) is 7.83. The summed E-state index contributed by atoms with van der Waals surface area (Å²) >= 11 is 1.96. The molecule has 1 aromatic rings. The van der Waals surface area contributed by atoms with Crippen LogP contribution in [0.5, 0.6) is 0 Å². The number of thiophene rings is 1. The van der Waals surface area contributed by atoms with Gasteiger partial charge in [-0.15, -0.1) is 11.3 Å². The molecule has 1 atom stereocenters. The van der Waals surface area contributed by atoms with E-state index in [2.05, 4.69) is 29.0 Å². The topological polar surface area (TPSA) is 24.9 Å². The summed E-state index contributed by atoms with van der Waals surface area (Å²) in [5.74, 6) is 0. The van der Waals surface area contributed by atoms with Crippen molar-refractivity contribution in [2.24, 2.45) is 0 Å². The third-order valence-electron chi connectivity index (χ3n) is 4.37. The average molecular weight is 324 g/mol. The van der Waals surface area contributed by atoms with Gasteiger partial charge < -0.3 is 9.47 Å². The molecule has 3 heterocycles. The number of likely N-dealkylation sites (N-methyl/N-ethyl adjacent to an activating group) is 1. The van der Waals surface area contributed by atoms with E-state index < -0.39 is 0 Å². The van der Waals surface area contributed by atoms with Crippen LogP contribution in [-0.2, 0) is 22.6 Å². The van der Waals surface area contributed by atoms with Crippen LogP contribution in [0.15, 0.2) is 12.1 Å². The van der Waals surface area contributed by atoms with Gasteiger partial charge in [0.05, 0.1) is 25.9 Å². The molecule has 0 bridgehead atoms. The number of ether oxygens (including phenoxy) is 2. The third-order valence-corrected chi connectivity index (χ3v) is 5.43. The monoisotopic (exact) mass is 324 g/mol. The molecule has 2 fully saturated rings. The number of piperidine rings is 1. The normalized spacial score (nSPS) is 24.0. The van der Waals surface area contributed by atoms with Gasteiger partial charge in [0.25, 0.3) is 0 Å². The zero-order valence-electron chi connectivity index (χ0n) is 13.6. The first-order valence-corrected chi connectivity index (χ1v) is 9.29. The fourth-order valence-corrected chi connectivity index (χ4v) is 4.39. The molecule has 3 rings (SSSR count). The van der Waals surface area contributed by atoms with Gasteiger partial charge in [0, 0.05) is 29.4 Å². The van der Waals surface area contributed by atoms with Gasteiger partial charge in [0.1, 0.15) is 0 Å². The third kappa shape index (κ3) is 5.03. The van der Waals surface area contributed by atoms with Crippen molar-refractivity contribution >= 4 is 11.3 Å². The molecular weight excluding hydrogens is 296 g/mol. The molecule has 2 aliphatic rings. The summed E-state index contributed by atoms with van der Waals surface area (Å²) in [4.78, 5) is 7.89. The first kappa shape index (κ1) is 16.4. The SMILES string of the molecule is CN(Cc1ccc(CN2CCCCC2)s1)CC1COCCO1. The smallest absolute Gasteiger partial charge is 0.0936 e. The lowest BCUT2D eigenvalue weighted by atomic mass is 10.1. The van der Waals surface area contributed by atoms with Crippen molar-refractivity contribution in [3.8, 4) is 0 Å². The van der Waals surface area contributed by atoms with Crippen molar-refractivity contribution in [2.75, 3.05) is 46.5 Å². The minimum absolute atomic E-state index is 0.228. The quantitative estimate of drug-likeness (QED) is 0.803. The lowest BCUT2D eigenvalue weighted by Gasteiger charge is -2.27. The van der Waals surface area contributed by atoms with Gasteiger partial charge in [-0.2, -0.15) is 0 Å². The van der Waals surface area contributed by atoms with Crippen LogP contribution in [0.25, 0.3) is 0 Å². The largest absolute Gasteiger partial charge is 0.376 e. The molecule has 0 saturated carbocycles. The van der Waals surface area contributed by atoms with Crippen LogP contribution in [0.2, 0.25) is 0 Å². The van der Waals surface area contributed by atoms with Gasteiger partial charge >= 0.3 is 0 Å². The van der Waals surface area contributed by atoms with Crippen molar-refractivity contribution in [1.29, 1.82) is 0 Å². The Labute approximate surface area is 138 Å². The van der Waals surface area contributed by atoms with Crippen molar-refractivity contribution in [1.82, 2.24) is 9.80 Å². The molecule has 4 nitrogen and oxygen atoms in total. The maximum atomic E-state index is 5.72. The number of likely N-dealkylation sites (tertiary alicyclic amines) is 1. The van der Waals surface area contributed by atoms with E-state index in [-0.39, 0.29) is 6.10 Å². The van der Waals surface area contributed by atoms with E-state index in [0.29, 0.717) is 0 Å². The Bertz CT molecular complexity index is 440. The molecule has 22 heavy (non-hydrogen) atoms. The Balaban J connectivity index is 1.44. The summed E-state index contributed by atoms with van der Waals surface area (Å²) in [6.07, 6.45) is 4.37. The summed E-state index contributed by atoms with van der Waals surface area (Å²) in [7, 11) is 2.17. The van der Waals surface area contributed by atoms with Gasteiger partial charge in [-0.25, -0.2) is 0 Å². The zero-order chi connectivity index (χ0) is 15.2. The van der Waals surface area contributed by atoms with Gasteiger partial charge in [0.2, 0.25) is 0 Å². The summed E-state index contributed by atoms with van der Waals surface area (Å²) in [6, 6.07) is 4.60. The second-order valence-electron chi connectivity index (χ2n) is 6.47. The number of nitrogens with zero attached hydrogens (tertiary/aromatic N) is 2. The van der Waals surface area contributed by atoms with E-state index >= 15 is 0 Å².